The zero-order valence-corrected chi connectivity index (χ0v) is 19.6. The van der Waals surface area contributed by atoms with Crippen molar-refractivity contribution in [1.82, 2.24) is 4.90 Å². The molecule has 34 heavy (non-hydrogen) atoms. The molecule has 3 aromatic carbocycles. The van der Waals surface area contributed by atoms with Gasteiger partial charge in [-0.3, -0.25) is 9.59 Å². The lowest BCUT2D eigenvalue weighted by Gasteiger charge is -2.31. The smallest absolute Gasteiger partial charge is 0.253 e. The molecular weight excluding hydrogens is 428 g/mol. The highest BCUT2D eigenvalue weighted by Gasteiger charge is 2.28. The predicted octanol–water partition coefficient (Wildman–Crippen LogP) is 5.07. The molecule has 1 heterocycles. The summed E-state index contributed by atoms with van der Waals surface area (Å²) >= 11 is 0. The fraction of sp³-hybridized carbons (Fsp3) is 0.286. The van der Waals surface area contributed by atoms with Crippen LogP contribution in [0.5, 0.6) is 11.5 Å². The number of benzene rings is 3. The molecule has 0 radical (unpaired) electrons. The lowest BCUT2D eigenvalue weighted by molar-refractivity contribution is -0.121. The van der Waals surface area contributed by atoms with Gasteiger partial charge in [0.05, 0.1) is 12.8 Å². The van der Waals surface area contributed by atoms with Gasteiger partial charge in [0.15, 0.2) is 0 Å². The van der Waals surface area contributed by atoms with Gasteiger partial charge in [-0.2, -0.15) is 0 Å². The third-order valence-electron chi connectivity index (χ3n) is 6.09. The van der Waals surface area contributed by atoms with Gasteiger partial charge in [-0.15, -0.1) is 0 Å². The average molecular weight is 459 g/mol. The molecule has 4 rings (SSSR count). The lowest BCUT2D eigenvalue weighted by Crippen LogP contribution is -2.41. The van der Waals surface area contributed by atoms with Crippen LogP contribution in [0.25, 0.3) is 0 Å². The number of anilines is 1. The Morgan fingerprint density at radius 2 is 1.74 bits per heavy atom. The minimum Gasteiger partial charge on any atom is -0.495 e. The Bertz CT molecular complexity index is 1150. The fourth-order valence-electron chi connectivity index (χ4n) is 4.20. The number of carbonyl (C=O) groups is 2. The van der Waals surface area contributed by atoms with Gasteiger partial charge in [0, 0.05) is 24.6 Å². The second-order valence-electron chi connectivity index (χ2n) is 8.56. The number of amides is 2. The Labute approximate surface area is 200 Å². The first-order valence-corrected chi connectivity index (χ1v) is 11.5. The molecule has 3 aromatic rings. The van der Waals surface area contributed by atoms with Gasteiger partial charge < -0.3 is 19.7 Å². The summed E-state index contributed by atoms with van der Waals surface area (Å²) in [5.74, 6) is 1.08. The van der Waals surface area contributed by atoms with Crippen LogP contribution in [0.2, 0.25) is 0 Å². The minimum absolute atomic E-state index is 0.0374. The highest BCUT2D eigenvalue weighted by molar-refractivity contribution is 5.96. The molecule has 176 valence electrons. The number of nitrogens with one attached hydrogen (secondary N) is 1. The van der Waals surface area contributed by atoms with E-state index in [4.69, 9.17) is 9.47 Å². The van der Waals surface area contributed by atoms with Crippen LogP contribution in [-0.4, -0.2) is 36.9 Å². The predicted molar refractivity (Wildman–Crippen MR) is 132 cm³/mol. The van der Waals surface area contributed by atoms with Gasteiger partial charge in [-0.1, -0.05) is 48.0 Å². The highest BCUT2D eigenvalue weighted by atomic mass is 16.5. The monoisotopic (exact) mass is 458 g/mol. The van der Waals surface area contributed by atoms with E-state index in [9.17, 15) is 9.59 Å². The number of hydrogen-bond acceptors (Lipinski definition) is 4. The maximum absolute atomic E-state index is 13.1. The first-order valence-electron chi connectivity index (χ1n) is 11.5. The van der Waals surface area contributed by atoms with Crippen LogP contribution in [0, 0.1) is 12.8 Å². The topological polar surface area (TPSA) is 67.9 Å². The molecule has 1 aliphatic rings. The molecule has 1 fully saturated rings. The molecule has 6 nitrogen and oxygen atoms in total. The van der Waals surface area contributed by atoms with Crippen LogP contribution in [0.15, 0.2) is 72.8 Å². The number of rotatable bonds is 7. The number of aryl methyl sites for hydroxylation is 1. The maximum atomic E-state index is 13.1. The molecule has 1 aliphatic heterocycles. The van der Waals surface area contributed by atoms with Crippen LogP contribution in [0.1, 0.15) is 34.3 Å². The van der Waals surface area contributed by atoms with Gasteiger partial charge in [0.2, 0.25) is 5.91 Å². The van der Waals surface area contributed by atoms with E-state index in [1.165, 1.54) is 5.56 Å². The van der Waals surface area contributed by atoms with E-state index in [0.29, 0.717) is 55.3 Å². The summed E-state index contributed by atoms with van der Waals surface area (Å²) in [6.45, 7) is 3.58. The van der Waals surface area contributed by atoms with Gasteiger partial charge in [-0.25, -0.2) is 0 Å². The van der Waals surface area contributed by atoms with E-state index in [1.807, 2.05) is 72.5 Å². The van der Waals surface area contributed by atoms with E-state index in [2.05, 4.69) is 11.4 Å². The van der Waals surface area contributed by atoms with Gasteiger partial charge in [0.25, 0.3) is 5.91 Å². The molecule has 0 bridgehead atoms. The van der Waals surface area contributed by atoms with Crippen LogP contribution < -0.4 is 14.8 Å². The molecule has 2 amide bonds. The zero-order chi connectivity index (χ0) is 23.9. The summed E-state index contributed by atoms with van der Waals surface area (Å²) in [7, 11) is 1.58. The van der Waals surface area contributed by atoms with Gasteiger partial charge in [-0.05, 0) is 55.7 Å². The first-order chi connectivity index (χ1) is 16.5. The van der Waals surface area contributed by atoms with Crippen LogP contribution >= 0.6 is 0 Å². The highest BCUT2D eigenvalue weighted by Crippen LogP contribution is 2.26. The quantitative estimate of drug-likeness (QED) is 0.537. The number of nitrogens with zero attached hydrogens (tertiary/aromatic N) is 1. The Hall–Kier alpha value is -3.80. The van der Waals surface area contributed by atoms with Crippen molar-refractivity contribution in [2.75, 3.05) is 25.5 Å². The fourth-order valence-corrected chi connectivity index (χ4v) is 4.20. The lowest BCUT2D eigenvalue weighted by atomic mass is 9.95. The van der Waals surface area contributed by atoms with Crippen molar-refractivity contribution in [2.45, 2.75) is 26.4 Å². The van der Waals surface area contributed by atoms with Crippen molar-refractivity contribution < 1.29 is 19.1 Å². The number of likely N-dealkylation sites (tertiary alicyclic amines) is 1. The normalized spacial score (nSPS) is 13.9. The molecule has 0 saturated carbocycles. The number of piperidine rings is 1. The standard InChI is InChI=1S/C28H30N2O4/c1-20-7-5-8-21(17-20)19-34-24-10-6-9-23(18-24)28(32)30-15-13-22(14-16-30)27(31)29-25-11-3-4-12-26(25)33-2/h3-12,17-18,22H,13-16,19H2,1-2H3,(H,29,31). The van der Waals surface area contributed by atoms with Gasteiger partial charge in [0.1, 0.15) is 18.1 Å². The molecule has 0 atom stereocenters. The molecule has 1 N–H and O–H groups in total. The Balaban J connectivity index is 1.31. The molecule has 0 aliphatic carbocycles. The molecule has 6 heteroatoms. The van der Waals surface area contributed by atoms with Crippen LogP contribution in [0.3, 0.4) is 0 Å². The Morgan fingerprint density at radius 3 is 2.50 bits per heavy atom. The molecule has 0 spiro atoms. The van der Waals surface area contributed by atoms with Crippen molar-refractivity contribution in [3.8, 4) is 11.5 Å². The summed E-state index contributed by atoms with van der Waals surface area (Å²) in [6.07, 6.45) is 1.24. The number of ether oxygens (including phenoxy) is 2. The summed E-state index contributed by atoms with van der Waals surface area (Å²) in [6, 6.07) is 22.8. The van der Waals surface area contributed by atoms with Crippen molar-refractivity contribution in [3.63, 3.8) is 0 Å². The average Bonchev–Trinajstić information content (AvgIpc) is 2.87. The summed E-state index contributed by atoms with van der Waals surface area (Å²) < 4.78 is 11.2. The molecule has 0 aromatic heterocycles. The number of methoxy groups -OCH3 is 1. The van der Waals surface area contributed by atoms with Crippen LogP contribution in [0.4, 0.5) is 5.69 Å². The van der Waals surface area contributed by atoms with Crippen molar-refractivity contribution in [3.05, 3.63) is 89.5 Å². The number of hydrogen-bond donors (Lipinski definition) is 1. The van der Waals surface area contributed by atoms with Gasteiger partial charge >= 0.3 is 0 Å². The number of carbonyl (C=O) groups excluding carboxylic acids is 2. The van der Waals surface area contributed by atoms with Crippen molar-refractivity contribution >= 4 is 17.5 Å². The summed E-state index contributed by atoms with van der Waals surface area (Å²) in [5, 5.41) is 2.96. The van der Waals surface area contributed by atoms with Crippen molar-refractivity contribution in [1.29, 1.82) is 0 Å². The molecule has 1 saturated heterocycles. The Kier molecular flexibility index (Phi) is 7.48. The second-order valence-corrected chi connectivity index (χ2v) is 8.56. The third-order valence-corrected chi connectivity index (χ3v) is 6.09. The third kappa shape index (κ3) is 5.76. The Morgan fingerprint density at radius 1 is 0.971 bits per heavy atom. The van der Waals surface area contributed by atoms with E-state index in [0.717, 1.165) is 5.56 Å². The van der Waals surface area contributed by atoms with E-state index in [-0.39, 0.29) is 17.7 Å². The maximum Gasteiger partial charge on any atom is 0.253 e. The first kappa shape index (κ1) is 23.4. The largest absolute Gasteiger partial charge is 0.495 e. The van der Waals surface area contributed by atoms with Crippen molar-refractivity contribution in [2.24, 2.45) is 5.92 Å². The summed E-state index contributed by atoms with van der Waals surface area (Å²) in [4.78, 5) is 27.6. The second kappa shape index (κ2) is 10.9. The van der Waals surface area contributed by atoms with E-state index >= 15 is 0 Å². The molecular formula is C28H30N2O4. The molecule has 0 unspecified atom stereocenters. The van der Waals surface area contributed by atoms with E-state index in [1.54, 1.807) is 13.2 Å². The number of para-hydroxylation sites is 2. The zero-order valence-electron chi connectivity index (χ0n) is 19.6. The minimum atomic E-state index is -0.141. The SMILES string of the molecule is COc1ccccc1NC(=O)C1CCN(C(=O)c2cccc(OCc3cccc(C)c3)c2)CC1. The van der Waals surface area contributed by atoms with Crippen LogP contribution in [-0.2, 0) is 11.4 Å². The summed E-state index contributed by atoms with van der Waals surface area (Å²) in [5.41, 5.74) is 3.53. The van der Waals surface area contributed by atoms with E-state index < -0.39 is 0 Å².